The standard InChI is InChI=1S/C14H17N3/c1-10(2)17-13-7-3-6-12(13)14(16-17)11-5-4-8-15-9-11/h4-5,8-10H,3,6-7H2,1-2H3. The van der Waals surface area contributed by atoms with Crippen LogP contribution in [-0.2, 0) is 12.8 Å². The van der Waals surface area contributed by atoms with E-state index in [1.54, 1.807) is 0 Å². The molecule has 88 valence electrons. The highest BCUT2D eigenvalue weighted by Gasteiger charge is 2.24. The highest BCUT2D eigenvalue weighted by Crippen LogP contribution is 2.33. The molecule has 0 unspecified atom stereocenters. The minimum Gasteiger partial charge on any atom is -0.266 e. The van der Waals surface area contributed by atoms with Crippen molar-refractivity contribution < 1.29 is 0 Å². The van der Waals surface area contributed by atoms with Gasteiger partial charge in [0.05, 0.1) is 5.69 Å². The second-order valence-corrected chi connectivity index (χ2v) is 4.91. The van der Waals surface area contributed by atoms with Crippen LogP contribution in [-0.4, -0.2) is 14.8 Å². The van der Waals surface area contributed by atoms with Crippen LogP contribution in [0.15, 0.2) is 24.5 Å². The van der Waals surface area contributed by atoms with Crippen molar-refractivity contribution in [2.75, 3.05) is 0 Å². The molecule has 1 aliphatic carbocycles. The summed E-state index contributed by atoms with van der Waals surface area (Å²) < 4.78 is 2.19. The SMILES string of the molecule is CC(C)n1nc(-c2cccnc2)c2c1CCC2. The molecule has 3 nitrogen and oxygen atoms in total. The Bertz CT molecular complexity index is 526. The van der Waals surface area contributed by atoms with E-state index in [0.717, 1.165) is 17.7 Å². The van der Waals surface area contributed by atoms with E-state index in [0.29, 0.717) is 6.04 Å². The molecule has 0 saturated carbocycles. The Kier molecular flexibility index (Phi) is 2.46. The number of nitrogens with zero attached hydrogens (tertiary/aromatic N) is 3. The monoisotopic (exact) mass is 227 g/mol. The lowest BCUT2D eigenvalue weighted by Crippen LogP contribution is -2.06. The predicted molar refractivity (Wildman–Crippen MR) is 67.9 cm³/mol. The maximum atomic E-state index is 4.78. The molecule has 0 radical (unpaired) electrons. The number of pyridine rings is 1. The van der Waals surface area contributed by atoms with Crippen molar-refractivity contribution in [3.8, 4) is 11.3 Å². The van der Waals surface area contributed by atoms with Gasteiger partial charge in [-0.25, -0.2) is 0 Å². The molecule has 1 aliphatic rings. The lowest BCUT2D eigenvalue weighted by Gasteiger charge is -2.08. The van der Waals surface area contributed by atoms with Crippen molar-refractivity contribution in [3.05, 3.63) is 35.8 Å². The van der Waals surface area contributed by atoms with Gasteiger partial charge in [-0.15, -0.1) is 0 Å². The largest absolute Gasteiger partial charge is 0.266 e. The summed E-state index contributed by atoms with van der Waals surface area (Å²) in [6, 6.07) is 4.51. The lowest BCUT2D eigenvalue weighted by molar-refractivity contribution is 0.512. The zero-order chi connectivity index (χ0) is 11.8. The first-order chi connectivity index (χ1) is 8.27. The molecule has 3 heteroatoms. The number of rotatable bonds is 2. The van der Waals surface area contributed by atoms with Crippen LogP contribution in [0.25, 0.3) is 11.3 Å². The van der Waals surface area contributed by atoms with Gasteiger partial charge >= 0.3 is 0 Å². The van der Waals surface area contributed by atoms with Gasteiger partial charge in [-0.2, -0.15) is 5.10 Å². The molecule has 3 rings (SSSR count). The fourth-order valence-corrected chi connectivity index (χ4v) is 2.63. The molecule has 0 spiro atoms. The second kappa shape index (κ2) is 3.99. The van der Waals surface area contributed by atoms with E-state index >= 15 is 0 Å². The van der Waals surface area contributed by atoms with Crippen molar-refractivity contribution in [3.63, 3.8) is 0 Å². The van der Waals surface area contributed by atoms with Crippen LogP contribution in [0.2, 0.25) is 0 Å². The molecule has 2 aromatic rings. The average Bonchev–Trinajstić information content (AvgIpc) is 2.90. The molecule has 0 bridgehead atoms. The van der Waals surface area contributed by atoms with Crippen molar-refractivity contribution >= 4 is 0 Å². The Hall–Kier alpha value is -1.64. The first kappa shape index (κ1) is 10.5. The molecular weight excluding hydrogens is 210 g/mol. The van der Waals surface area contributed by atoms with Crippen molar-refractivity contribution in [1.29, 1.82) is 0 Å². The minimum absolute atomic E-state index is 0.437. The van der Waals surface area contributed by atoms with Gasteiger partial charge in [0.2, 0.25) is 0 Å². The van der Waals surface area contributed by atoms with E-state index in [4.69, 9.17) is 5.10 Å². The number of aromatic nitrogens is 3. The summed E-state index contributed by atoms with van der Waals surface area (Å²) >= 11 is 0. The normalized spacial score (nSPS) is 14.3. The van der Waals surface area contributed by atoms with Crippen LogP contribution in [0, 0.1) is 0 Å². The van der Waals surface area contributed by atoms with Crippen molar-refractivity contribution in [2.45, 2.75) is 39.2 Å². The molecule has 0 aromatic carbocycles. The maximum absolute atomic E-state index is 4.78. The molecule has 0 saturated heterocycles. The van der Waals surface area contributed by atoms with Gasteiger partial charge < -0.3 is 0 Å². The molecule has 0 atom stereocenters. The third-order valence-electron chi connectivity index (χ3n) is 3.38. The summed E-state index contributed by atoms with van der Waals surface area (Å²) in [5.41, 5.74) is 5.15. The summed E-state index contributed by atoms with van der Waals surface area (Å²) in [4.78, 5) is 4.19. The summed E-state index contributed by atoms with van der Waals surface area (Å²) in [5.74, 6) is 0. The summed E-state index contributed by atoms with van der Waals surface area (Å²) in [6.45, 7) is 4.39. The Morgan fingerprint density at radius 1 is 1.29 bits per heavy atom. The fourth-order valence-electron chi connectivity index (χ4n) is 2.63. The Labute approximate surface area is 101 Å². The molecular formula is C14H17N3. The fraction of sp³-hybridized carbons (Fsp3) is 0.429. The number of hydrogen-bond acceptors (Lipinski definition) is 2. The van der Waals surface area contributed by atoms with Gasteiger partial charge in [0.1, 0.15) is 0 Å². The molecule has 0 N–H and O–H groups in total. The average molecular weight is 227 g/mol. The zero-order valence-corrected chi connectivity index (χ0v) is 10.3. The highest BCUT2D eigenvalue weighted by atomic mass is 15.3. The van der Waals surface area contributed by atoms with E-state index in [1.807, 2.05) is 18.5 Å². The molecule has 0 fully saturated rings. The topological polar surface area (TPSA) is 30.7 Å². The van der Waals surface area contributed by atoms with Gasteiger partial charge in [-0.05, 0) is 45.2 Å². The highest BCUT2D eigenvalue weighted by molar-refractivity contribution is 5.64. The maximum Gasteiger partial charge on any atom is 0.0973 e. The van der Waals surface area contributed by atoms with Crippen LogP contribution in [0.4, 0.5) is 0 Å². The number of fused-ring (bicyclic) bond motifs is 1. The van der Waals surface area contributed by atoms with Crippen LogP contribution < -0.4 is 0 Å². The molecule has 2 aromatic heterocycles. The van der Waals surface area contributed by atoms with Gasteiger partial charge in [0.25, 0.3) is 0 Å². The predicted octanol–water partition coefficient (Wildman–Crippen LogP) is 3.01. The van der Waals surface area contributed by atoms with Gasteiger partial charge in [0, 0.05) is 35.3 Å². The first-order valence-corrected chi connectivity index (χ1v) is 6.28. The van der Waals surface area contributed by atoms with E-state index in [9.17, 15) is 0 Å². The van der Waals surface area contributed by atoms with E-state index in [1.165, 1.54) is 24.1 Å². The van der Waals surface area contributed by atoms with Crippen molar-refractivity contribution in [2.24, 2.45) is 0 Å². The van der Waals surface area contributed by atoms with Crippen LogP contribution >= 0.6 is 0 Å². The van der Waals surface area contributed by atoms with E-state index in [-0.39, 0.29) is 0 Å². The summed E-state index contributed by atoms with van der Waals surface area (Å²) in [5, 5.41) is 4.78. The third-order valence-corrected chi connectivity index (χ3v) is 3.38. The molecule has 17 heavy (non-hydrogen) atoms. The zero-order valence-electron chi connectivity index (χ0n) is 10.3. The van der Waals surface area contributed by atoms with E-state index < -0.39 is 0 Å². The Morgan fingerprint density at radius 2 is 2.18 bits per heavy atom. The smallest absolute Gasteiger partial charge is 0.0973 e. The third kappa shape index (κ3) is 1.66. The second-order valence-electron chi connectivity index (χ2n) is 4.91. The van der Waals surface area contributed by atoms with Gasteiger partial charge in [-0.3, -0.25) is 9.67 Å². The number of hydrogen-bond donors (Lipinski definition) is 0. The van der Waals surface area contributed by atoms with Crippen molar-refractivity contribution in [1.82, 2.24) is 14.8 Å². The molecule has 0 amide bonds. The molecule has 2 heterocycles. The Morgan fingerprint density at radius 3 is 2.88 bits per heavy atom. The van der Waals surface area contributed by atoms with Gasteiger partial charge in [0.15, 0.2) is 0 Å². The quantitative estimate of drug-likeness (QED) is 0.789. The lowest BCUT2D eigenvalue weighted by atomic mass is 10.1. The van der Waals surface area contributed by atoms with Crippen LogP contribution in [0.5, 0.6) is 0 Å². The summed E-state index contributed by atoms with van der Waals surface area (Å²) in [6.07, 6.45) is 7.30. The van der Waals surface area contributed by atoms with Crippen LogP contribution in [0.1, 0.15) is 37.6 Å². The minimum atomic E-state index is 0.437. The van der Waals surface area contributed by atoms with E-state index in [2.05, 4.69) is 29.6 Å². The van der Waals surface area contributed by atoms with Crippen LogP contribution in [0.3, 0.4) is 0 Å². The van der Waals surface area contributed by atoms with Gasteiger partial charge in [-0.1, -0.05) is 0 Å². The molecule has 0 aliphatic heterocycles. The Balaban J connectivity index is 2.16. The summed E-state index contributed by atoms with van der Waals surface area (Å²) in [7, 11) is 0. The first-order valence-electron chi connectivity index (χ1n) is 6.28.